The number of furan rings is 1. The van der Waals surface area contributed by atoms with Gasteiger partial charge in [-0.3, -0.25) is 9.59 Å². The van der Waals surface area contributed by atoms with E-state index in [1.807, 2.05) is 35.2 Å². The first-order valence-corrected chi connectivity index (χ1v) is 9.78. The Hall–Kier alpha value is -2.56. The van der Waals surface area contributed by atoms with E-state index in [0.29, 0.717) is 12.8 Å². The lowest BCUT2D eigenvalue weighted by Gasteiger charge is -2.44. The van der Waals surface area contributed by atoms with Crippen molar-refractivity contribution in [3.05, 3.63) is 60.1 Å². The zero-order valence-corrected chi connectivity index (χ0v) is 15.5. The predicted molar refractivity (Wildman–Crippen MR) is 102 cm³/mol. The van der Waals surface area contributed by atoms with Gasteiger partial charge in [-0.05, 0) is 42.4 Å². The zero-order chi connectivity index (χ0) is 18.7. The summed E-state index contributed by atoms with van der Waals surface area (Å²) in [4.78, 5) is 26.4. The van der Waals surface area contributed by atoms with Crippen molar-refractivity contribution in [2.24, 2.45) is 5.41 Å². The van der Waals surface area contributed by atoms with Gasteiger partial charge >= 0.3 is 0 Å². The molecule has 0 bridgehead atoms. The fraction of sp³-hybridized carbons (Fsp3) is 0.455. The summed E-state index contributed by atoms with van der Waals surface area (Å²) in [6.07, 6.45) is 5.58. The SMILES string of the molecule is O=C1CCC2(CCN(C(=O)CC(c3ccccc3)c3ccco3)CC2)CN1. The molecule has 2 saturated heterocycles. The minimum absolute atomic E-state index is 0.0569. The molecule has 5 heteroatoms. The van der Waals surface area contributed by atoms with Crippen LogP contribution in [0.15, 0.2) is 53.1 Å². The monoisotopic (exact) mass is 366 g/mol. The Kier molecular flexibility index (Phi) is 5.01. The number of hydrogen-bond acceptors (Lipinski definition) is 3. The highest BCUT2D eigenvalue weighted by Crippen LogP contribution is 2.38. The quantitative estimate of drug-likeness (QED) is 0.903. The number of piperidine rings is 2. The summed E-state index contributed by atoms with van der Waals surface area (Å²) in [5.74, 6) is 1.11. The van der Waals surface area contributed by atoms with Gasteiger partial charge in [0.25, 0.3) is 0 Å². The van der Waals surface area contributed by atoms with E-state index in [4.69, 9.17) is 4.42 Å². The fourth-order valence-electron chi connectivity index (χ4n) is 4.36. The molecule has 2 fully saturated rings. The number of nitrogens with one attached hydrogen (secondary N) is 1. The molecule has 27 heavy (non-hydrogen) atoms. The summed E-state index contributed by atoms with van der Waals surface area (Å²) in [5, 5.41) is 3.00. The van der Waals surface area contributed by atoms with Gasteiger partial charge in [-0.1, -0.05) is 30.3 Å². The summed E-state index contributed by atoms with van der Waals surface area (Å²) in [6.45, 7) is 2.30. The van der Waals surface area contributed by atoms with E-state index >= 15 is 0 Å². The molecule has 4 rings (SSSR count). The summed E-state index contributed by atoms with van der Waals surface area (Å²) in [6, 6.07) is 13.9. The van der Waals surface area contributed by atoms with Crippen molar-refractivity contribution >= 4 is 11.8 Å². The molecule has 1 unspecified atom stereocenters. The van der Waals surface area contributed by atoms with Gasteiger partial charge in [-0.25, -0.2) is 0 Å². The number of hydrogen-bond donors (Lipinski definition) is 1. The van der Waals surface area contributed by atoms with E-state index < -0.39 is 0 Å². The molecule has 5 nitrogen and oxygen atoms in total. The van der Waals surface area contributed by atoms with Gasteiger partial charge in [-0.2, -0.15) is 0 Å². The molecule has 1 spiro atoms. The van der Waals surface area contributed by atoms with Gasteiger partial charge in [-0.15, -0.1) is 0 Å². The van der Waals surface area contributed by atoms with Crippen molar-refractivity contribution in [2.45, 2.75) is 38.0 Å². The number of likely N-dealkylation sites (tertiary alicyclic amines) is 1. The van der Waals surface area contributed by atoms with Crippen LogP contribution in [0.2, 0.25) is 0 Å². The first kappa shape index (κ1) is 17.8. The average Bonchev–Trinajstić information content (AvgIpc) is 3.24. The van der Waals surface area contributed by atoms with Crippen LogP contribution in [0, 0.1) is 5.41 Å². The largest absolute Gasteiger partial charge is 0.469 e. The zero-order valence-electron chi connectivity index (χ0n) is 15.5. The maximum atomic E-state index is 13.0. The second-order valence-electron chi connectivity index (χ2n) is 7.84. The van der Waals surface area contributed by atoms with E-state index in [1.165, 1.54) is 0 Å². The topological polar surface area (TPSA) is 62.6 Å². The van der Waals surface area contributed by atoms with Crippen LogP contribution in [0.3, 0.4) is 0 Å². The summed E-state index contributed by atoms with van der Waals surface area (Å²) < 4.78 is 5.63. The van der Waals surface area contributed by atoms with Crippen LogP contribution in [0.5, 0.6) is 0 Å². The molecular formula is C22H26N2O3. The van der Waals surface area contributed by atoms with Crippen LogP contribution in [-0.2, 0) is 9.59 Å². The third-order valence-electron chi connectivity index (χ3n) is 6.19. The van der Waals surface area contributed by atoms with Gasteiger partial charge < -0.3 is 14.6 Å². The van der Waals surface area contributed by atoms with Gasteiger partial charge in [0.05, 0.1) is 12.2 Å². The Morgan fingerprint density at radius 3 is 2.52 bits per heavy atom. The fourth-order valence-corrected chi connectivity index (χ4v) is 4.36. The maximum Gasteiger partial charge on any atom is 0.223 e. The Morgan fingerprint density at radius 1 is 1.11 bits per heavy atom. The van der Waals surface area contributed by atoms with Crippen molar-refractivity contribution in [2.75, 3.05) is 19.6 Å². The molecule has 2 aliphatic heterocycles. The third-order valence-corrected chi connectivity index (χ3v) is 6.19. The van der Waals surface area contributed by atoms with E-state index in [2.05, 4.69) is 17.4 Å². The van der Waals surface area contributed by atoms with Gasteiger partial charge in [0.1, 0.15) is 5.76 Å². The Labute approximate surface area is 159 Å². The number of rotatable bonds is 4. The van der Waals surface area contributed by atoms with Crippen molar-refractivity contribution < 1.29 is 14.0 Å². The minimum atomic E-state index is -0.0569. The Morgan fingerprint density at radius 2 is 1.89 bits per heavy atom. The number of benzene rings is 1. The summed E-state index contributed by atoms with van der Waals surface area (Å²) in [7, 11) is 0. The van der Waals surface area contributed by atoms with Gasteiger partial charge in [0.2, 0.25) is 11.8 Å². The molecule has 1 N–H and O–H groups in total. The molecular weight excluding hydrogens is 340 g/mol. The van der Waals surface area contributed by atoms with Crippen LogP contribution in [0.25, 0.3) is 0 Å². The van der Waals surface area contributed by atoms with Crippen LogP contribution < -0.4 is 5.32 Å². The number of carbonyl (C=O) groups is 2. The van der Waals surface area contributed by atoms with Crippen molar-refractivity contribution in [1.29, 1.82) is 0 Å². The molecule has 2 amide bonds. The van der Waals surface area contributed by atoms with E-state index in [0.717, 1.165) is 50.2 Å². The molecule has 0 radical (unpaired) electrons. The van der Waals surface area contributed by atoms with Gasteiger partial charge in [0, 0.05) is 32.5 Å². The molecule has 1 aromatic heterocycles. The normalized spacial score (nSPS) is 20.3. The van der Waals surface area contributed by atoms with Crippen LogP contribution >= 0.6 is 0 Å². The third kappa shape index (κ3) is 3.92. The molecule has 0 aliphatic carbocycles. The predicted octanol–water partition coefficient (Wildman–Crippen LogP) is 3.32. The standard InChI is InChI=1S/C22H26N2O3/c25-20-8-9-22(16-23-20)10-12-24(13-11-22)21(26)15-18(19-7-4-14-27-19)17-5-2-1-3-6-17/h1-7,14,18H,8-13,15-16H2,(H,23,25). The molecule has 1 atom stereocenters. The van der Waals surface area contributed by atoms with Crippen LogP contribution in [0.1, 0.15) is 49.3 Å². The molecule has 2 aromatic rings. The van der Waals surface area contributed by atoms with Crippen LogP contribution in [-0.4, -0.2) is 36.3 Å². The molecule has 0 saturated carbocycles. The smallest absolute Gasteiger partial charge is 0.223 e. The highest BCUT2D eigenvalue weighted by molar-refractivity contribution is 5.78. The Balaban J connectivity index is 1.41. The van der Waals surface area contributed by atoms with E-state index in [9.17, 15) is 9.59 Å². The number of carbonyl (C=O) groups excluding carboxylic acids is 2. The number of nitrogens with zero attached hydrogens (tertiary/aromatic N) is 1. The first-order chi connectivity index (χ1) is 13.2. The van der Waals surface area contributed by atoms with Gasteiger partial charge in [0.15, 0.2) is 0 Å². The molecule has 142 valence electrons. The highest BCUT2D eigenvalue weighted by atomic mass is 16.3. The maximum absolute atomic E-state index is 13.0. The molecule has 3 heterocycles. The lowest BCUT2D eigenvalue weighted by Crippen LogP contribution is -2.50. The first-order valence-electron chi connectivity index (χ1n) is 9.78. The van der Waals surface area contributed by atoms with Crippen molar-refractivity contribution in [3.63, 3.8) is 0 Å². The molecule has 2 aliphatic rings. The van der Waals surface area contributed by atoms with E-state index in [-0.39, 0.29) is 23.1 Å². The second-order valence-corrected chi connectivity index (χ2v) is 7.84. The minimum Gasteiger partial charge on any atom is -0.469 e. The lowest BCUT2D eigenvalue weighted by atomic mass is 9.73. The summed E-state index contributed by atoms with van der Waals surface area (Å²) >= 11 is 0. The lowest BCUT2D eigenvalue weighted by molar-refractivity contribution is -0.135. The van der Waals surface area contributed by atoms with E-state index in [1.54, 1.807) is 6.26 Å². The van der Waals surface area contributed by atoms with Crippen molar-refractivity contribution in [1.82, 2.24) is 10.2 Å². The number of amides is 2. The second kappa shape index (κ2) is 7.59. The van der Waals surface area contributed by atoms with Crippen molar-refractivity contribution in [3.8, 4) is 0 Å². The average molecular weight is 366 g/mol. The highest BCUT2D eigenvalue weighted by Gasteiger charge is 2.39. The van der Waals surface area contributed by atoms with Crippen LogP contribution in [0.4, 0.5) is 0 Å². The molecule has 1 aromatic carbocycles. The Bertz CT molecular complexity index is 765. The summed E-state index contributed by atoms with van der Waals surface area (Å²) in [5.41, 5.74) is 1.29.